The third-order valence-corrected chi connectivity index (χ3v) is 3.04. The van der Waals surface area contributed by atoms with Crippen LogP contribution in [-0.2, 0) is 0 Å². The summed E-state index contributed by atoms with van der Waals surface area (Å²) in [5.41, 5.74) is 1.83. The van der Waals surface area contributed by atoms with Crippen LogP contribution in [0.15, 0.2) is 24.3 Å². The van der Waals surface area contributed by atoms with Gasteiger partial charge in [0.1, 0.15) is 0 Å². The summed E-state index contributed by atoms with van der Waals surface area (Å²) in [6.07, 6.45) is 1.02. The summed E-state index contributed by atoms with van der Waals surface area (Å²) in [6.45, 7) is 1.87. The lowest BCUT2D eigenvalue weighted by Gasteiger charge is -2.14. The monoisotopic (exact) mass is 233 g/mol. The summed E-state index contributed by atoms with van der Waals surface area (Å²) >= 11 is 0. The molecule has 1 amide bonds. The van der Waals surface area contributed by atoms with Gasteiger partial charge in [-0.1, -0.05) is 0 Å². The number of nitrogens with one attached hydrogen (secondary N) is 2. The molecule has 1 saturated heterocycles. The van der Waals surface area contributed by atoms with Gasteiger partial charge in [-0.2, -0.15) is 0 Å². The van der Waals surface area contributed by atoms with E-state index in [0.29, 0.717) is 0 Å². The van der Waals surface area contributed by atoms with Crippen molar-refractivity contribution in [1.29, 1.82) is 0 Å². The molecule has 1 aliphatic rings. The fourth-order valence-corrected chi connectivity index (χ4v) is 1.96. The van der Waals surface area contributed by atoms with Crippen LogP contribution in [0.3, 0.4) is 0 Å². The molecule has 0 radical (unpaired) electrons. The van der Waals surface area contributed by atoms with E-state index in [1.807, 2.05) is 43.3 Å². The minimum atomic E-state index is 0.0176. The molecule has 0 spiro atoms. The molecule has 4 heteroatoms. The highest BCUT2D eigenvalue weighted by Gasteiger charge is 2.17. The standard InChI is InChI=1S/C13H19N3O/c1-16(2)12-5-3-10(4-6-12)13(17)15-11-7-8-14-9-11/h3-6,11,14H,7-9H2,1-2H3,(H,15,17)/t11-/m1/s1. The lowest BCUT2D eigenvalue weighted by atomic mass is 10.1. The van der Waals surface area contributed by atoms with Crippen molar-refractivity contribution in [3.8, 4) is 0 Å². The molecule has 0 saturated carbocycles. The number of nitrogens with zero attached hydrogens (tertiary/aromatic N) is 1. The average Bonchev–Trinajstić information content (AvgIpc) is 2.82. The first-order valence-electron chi connectivity index (χ1n) is 5.96. The zero-order valence-electron chi connectivity index (χ0n) is 10.4. The van der Waals surface area contributed by atoms with E-state index in [-0.39, 0.29) is 11.9 Å². The molecule has 0 aliphatic carbocycles. The third kappa shape index (κ3) is 2.97. The smallest absolute Gasteiger partial charge is 0.251 e. The second kappa shape index (κ2) is 5.19. The van der Waals surface area contributed by atoms with Crippen LogP contribution in [0.25, 0.3) is 0 Å². The zero-order chi connectivity index (χ0) is 12.3. The first-order chi connectivity index (χ1) is 8.16. The van der Waals surface area contributed by atoms with Crippen molar-refractivity contribution in [2.75, 3.05) is 32.1 Å². The molecule has 2 N–H and O–H groups in total. The van der Waals surface area contributed by atoms with Crippen molar-refractivity contribution >= 4 is 11.6 Å². The molecule has 2 rings (SSSR count). The first-order valence-corrected chi connectivity index (χ1v) is 5.96. The second-order valence-corrected chi connectivity index (χ2v) is 4.60. The average molecular weight is 233 g/mol. The maximum absolute atomic E-state index is 11.9. The number of amides is 1. The number of rotatable bonds is 3. The maximum atomic E-state index is 11.9. The van der Waals surface area contributed by atoms with Gasteiger partial charge >= 0.3 is 0 Å². The van der Waals surface area contributed by atoms with Gasteiger partial charge in [0.15, 0.2) is 0 Å². The van der Waals surface area contributed by atoms with E-state index in [9.17, 15) is 4.79 Å². The Kier molecular flexibility index (Phi) is 3.64. The van der Waals surface area contributed by atoms with Gasteiger partial charge in [-0.3, -0.25) is 4.79 Å². The molecule has 0 bridgehead atoms. The normalized spacial score (nSPS) is 19.1. The Morgan fingerprint density at radius 2 is 2.06 bits per heavy atom. The minimum Gasteiger partial charge on any atom is -0.378 e. The predicted molar refractivity (Wildman–Crippen MR) is 69.5 cm³/mol. The molecular weight excluding hydrogens is 214 g/mol. The van der Waals surface area contributed by atoms with Crippen LogP contribution in [0.1, 0.15) is 16.8 Å². The van der Waals surface area contributed by atoms with Crippen LogP contribution in [0.2, 0.25) is 0 Å². The Balaban J connectivity index is 1.98. The van der Waals surface area contributed by atoms with Crippen molar-refractivity contribution < 1.29 is 4.79 Å². The van der Waals surface area contributed by atoms with Crippen LogP contribution < -0.4 is 15.5 Å². The van der Waals surface area contributed by atoms with Gasteiger partial charge in [0.2, 0.25) is 0 Å². The van der Waals surface area contributed by atoms with Crippen molar-refractivity contribution in [3.63, 3.8) is 0 Å². The van der Waals surface area contributed by atoms with E-state index in [1.165, 1.54) is 0 Å². The van der Waals surface area contributed by atoms with E-state index < -0.39 is 0 Å². The van der Waals surface area contributed by atoms with Crippen molar-refractivity contribution in [1.82, 2.24) is 10.6 Å². The SMILES string of the molecule is CN(C)c1ccc(C(=O)N[C@@H]2CCNC2)cc1. The van der Waals surface area contributed by atoms with E-state index in [4.69, 9.17) is 0 Å². The Morgan fingerprint density at radius 3 is 2.59 bits per heavy atom. The highest BCUT2D eigenvalue weighted by Crippen LogP contribution is 2.12. The summed E-state index contributed by atoms with van der Waals surface area (Å²) in [4.78, 5) is 13.9. The summed E-state index contributed by atoms with van der Waals surface area (Å²) in [6, 6.07) is 7.93. The van der Waals surface area contributed by atoms with E-state index in [0.717, 1.165) is 30.8 Å². The Bertz CT molecular complexity index is 380. The van der Waals surface area contributed by atoms with Crippen LogP contribution in [0, 0.1) is 0 Å². The number of carbonyl (C=O) groups excluding carboxylic acids is 1. The van der Waals surface area contributed by atoms with Gasteiger partial charge in [0, 0.05) is 37.9 Å². The highest BCUT2D eigenvalue weighted by molar-refractivity contribution is 5.94. The van der Waals surface area contributed by atoms with Crippen molar-refractivity contribution in [3.05, 3.63) is 29.8 Å². The molecule has 92 valence electrons. The van der Waals surface area contributed by atoms with Crippen LogP contribution >= 0.6 is 0 Å². The summed E-state index contributed by atoms with van der Waals surface area (Å²) < 4.78 is 0. The number of hydrogen-bond acceptors (Lipinski definition) is 3. The van der Waals surface area contributed by atoms with Gasteiger partial charge in [-0.05, 0) is 37.2 Å². The fourth-order valence-electron chi connectivity index (χ4n) is 1.96. The van der Waals surface area contributed by atoms with Crippen LogP contribution in [0.5, 0.6) is 0 Å². The number of benzene rings is 1. The zero-order valence-corrected chi connectivity index (χ0v) is 10.4. The second-order valence-electron chi connectivity index (χ2n) is 4.60. The van der Waals surface area contributed by atoms with Crippen LogP contribution in [-0.4, -0.2) is 39.1 Å². The fraction of sp³-hybridized carbons (Fsp3) is 0.462. The molecule has 0 unspecified atom stereocenters. The third-order valence-electron chi connectivity index (χ3n) is 3.04. The topological polar surface area (TPSA) is 44.4 Å². The molecule has 1 heterocycles. The first kappa shape index (κ1) is 11.9. The van der Waals surface area contributed by atoms with Crippen molar-refractivity contribution in [2.45, 2.75) is 12.5 Å². The summed E-state index contributed by atoms with van der Waals surface area (Å²) in [7, 11) is 3.97. The summed E-state index contributed by atoms with van der Waals surface area (Å²) in [5, 5.41) is 6.26. The lowest BCUT2D eigenvalue weighted by Crippen LogP contribution is -2.36. The van der Waals surface area contributed by atoms with Gasteiger partial charge < -0.3 is 15.5 Å². The van der Waals surface area contributed by atoms with Gasteiger partial charge in [-0.25, -0.2) is 0 Å². The van der Waals surface area contributed by atoms with E-state index >= 15 is 0 Å². The highest BCUT2D eigenvalue weighted by atomic mass is 16.1. The number of anilines is 1. The van der Waals surface area contributed by atoms with Gasteiger partial charge in [0.25, 0.3) is 5.91 Å². The van der Waals surface area contributed by atoms with E-state index in [2.05, 4.69) is 10.6 Å². The molecule has 1 aromatic rings. The van der Waals surface area contributed by atoms with Crippen molar-refractivity contribution in [2.24, 2.45) is 0 Å². The molecule has 1 aliphatic heterocycles. The largest absolute Gasteiger partial charge is 0.378 e. The summed E-state index contributed by atoms with van der Waals surface area (Å²) in [5.74, 6) is 0.0176. The molecule has 17 heavy (non-hydrogen) atoms. The molecule has 1 aromatic carbocycles. The Hall–Kier alpha value is -1.55. The van der Waals surface area contributed by atoms with Crippen LogP contribution in [0.4, 0.5) is 5.69 Å². The van der Waals surface area contributed by atoms with Gasteiger partial charge in [0.05, 0.1) is 0 Å². The minimum absolute atomic E-state index is 0.0176. The van der Waals surface area contributed by atoms with E-state index in [1.54, 1.807) is 0 Å². The molecule has 1 fully saturated rings. The molecule has 1 atom stereocenters. The number of carbonyl (C=O) groups is 1. The van der Waals surface area contributed by atoms with Gasteiger partial charge in [-0.15, -0.1) is 0 Å². The Labute approximate surface area is 102 Å². The Morgan fingerprint density at radius 1 is 1.35 bits per heavy atom. The molecular formula is C13H19N3O. The molecule has 0 aromatic heterocycles. The quantitative estimate of drug-likeness (QED) is 0.813. The predicted octanol–water partition coefficient (Wildman–Crippen LogP) is 0.844. The lowest BCUT2D eigenvalue weighted by molar-refractivity contribution is 0.0940. The number of hydrogen-bond donors (Lipinski definition) is 2. The molecule has 4 nitrogen and oxygen atoms in total. The maximum Gasteiger partial charge on any atom is 0.251 e.